The second-order valence-corrected chi connectivity index (χ2v) is 3.98. The van der Waals surface area contributed by atoms with Crippen LogP contribution in [-0.2, 0) is 9.59 Å². The summed E-state index contributed by atoms with van der Waals surface area (Å²) < 4.78 is 0. The van der Waals surface area contributed by atoms with Gasteiger partial charge in [0.25, 0.3) is 0 Å². The summed E-state index contributed by atoms with van der Waals surface area (Å²) >= 11 is 0. The predicted octanol–water partition coefficient (Wildman–Crippen LogP) is 1.80. The Bertz CT molecular complexity index is 242. The minimum Gasteiger partial charge on any atom is -0.356 e. The molecule has 1 saturated heterocycles. The van der Waals surface area contributed by atoms with Crippen LogP contribution in [0, 0.1) is 5.92 Å². The first kappa shape index (κ1) is 15.9. The van der Waals surface area contributed by atoms with Crippen molar-refractivity contribution in [3.05, 3.63) is 0 Å². The standard InChI is InChI=1S/C11H20N2O2.C2H6/c1-3-5-6-12-11(15)9-7-10(14)13(4-2)8-9;1-2/h9H,3-8H2,1-2H3,(H,12,15);1-2H3. The molecule has 1 aliphatic rings. The summed E-state index contributed by atoms with van der Waals surface area (Å²) in [6.45, 7) is 10.1. The van der Waals surface area contributed by atoms with Gasteiger partial charge in [-0.15, -0.1) is 0 Å². The van der Waals surface area contributed by atoms with Gasteiger partial charge in [0.05, 0.1) is 5.92 Å². The molecule has 0 saturated carbocycles. The molecule has 1 rings (SSSR count). The van der Waals surface area contributed by atoms with Gasteiger partial charge in [0, 0.05) is 26.1 Å². The van der Waals surface area contributed by atoms with Crippen molar-refractivity contribution in [2.75, 3.05) is 19.6 Å². The maximum Gasteiger partial charge on any atom is 0.225 e. The van der Waals surface area contributed by atoms with Crippen LogP contribution in [0.25, 0.3) is 0 Å². The molecule has 0 spiro atoms. The number of amides is 2. The lowest BCUT2D eigenvalue weighted by Crippen LogP contribution is -2.33. The third-order valence-electron chi connectivity index (χ3n) is 2.80. The molecule has 0 aromatic heterocycles. The average Bonchev–Trinajstić information content (AvgIpc) is 2.73. The molecule has 100 valence electrons. The first-order chi connectivity index (χ1) is 8.19. The summed E-state index contributed by atoms with van der Waals surface area (Å²) in [5.74, 6) is 0.00944. The van der Waals surface area contributed by atoms with E-state index in [0.29, 0.717) is 19.5 Å². The van der Waals surface area contributed by atoms with E-state index >= 15 is 0 Å². The van der Waals surface area contributed by atoms with Crippen LogP contribution in [0.1, 0.15) is 47.0 Å². The minimum absolute atomic E-state index is 0.0350. The van der Waals surface area contributed by atoms with Crippen LogP contribution in [0.4, 0.5) is 0 Å². The van der Waals surface area contributed by atoms with E-state index in [4.69, 9.17) is 0 Å². The molecule has 0 aromatic rings. The molecule has 1 atom stereocenters. The summed E-state index contributed by atoms with van der Waals surface area (Å²) in [4.78, 5) is 24.8. The molecular weight excluding hydrogens is 216 g/mol. The minimum atomic E-state index is -0.130. The number of nitrogens with zero attached hydrogens (tertiary/aromatic N) is 1. The fourth-order valence-electron chi connectivity index (χ4n) is 1.79. The molecule has 2 amide bonds. The molecule has 1 unspecified atom stereocenters. The van der Waals surface area contributed by atoms with Crippen molar-refractivity contribution in [3.8, 4) is 0 Å². The smallest absolute Gasteiger partial charge is 0.225 e. The number of carbonyl (C=O) groups excluding carboxylic acids is 2. The first-order valence-electron chi connectivity index (χ1n) is 6.74. The van der Waals surface area contributed by atoms with E-state index in [1.54, 1.807) is 4.90 Å². The highest BCUT2D eigenvalue weighted by molar-refractivity contribution is 5.89. The summed E-state index contributed by atoms with van der Waals surface area (Å²) in [5, 5.41) is 2.87. The zero-order valence-electron chi connectivity index (χ0n) is 11.6. The average molecular weight is 242 g/mol. The second-order valence-electron chi connectivity index (χ2n) is 3.98. The third-order valence-corrected chi connectivity index (χ3v) is 2.80. The zero-order chi connectivity index (χ0) is 13.3. The predicted molar refractivity (Wildman–Crippen MR) is 69.6 cm³/mol. The highest BCUT2D eigenvalue weighted by atomic mass is 16.2. The Morgan fingerprint density at radius 1 is 1.41 bits per heavy atom. The Balaban J connectivity index is 0.00000121. The van der Waals surface area contributed by atoms with Gasteiger partial charge in [-0.05, 0) is 13.3 Å². The van der Waals surface area contributed by atoms with E-state index in [9.17, 15) is 9.59 Å². The van der Waals surface area contributed by atoms with Gasteiger partial charge in [-0.2, -0.15) is 0 Å². The van der Waals surface area contributed by atoms with E-state index in [-0.39, 0.29) is 17.7 Å². The fourth-order valence-corrected chi connectivity index (χ4v) is 1.79. The van der Waals surface area contributed by atoms with Crippen molar-refractivity contribution >= 4 is 11.8 Å². The first-order valence-corrected chi connectivity index (χ1v) is 6.74. The third kappa shape index (κ3) is 5.20. The van der Waals surface area contributed by atoms with Gasteiger partial charge in [-0.3, -0.25) is 9.59 Å². The van der Waals surface area contributed by atoms with Crippen molar-refractivity contribution in [2.45, 2.75) is 47.0 Å². The molecule has 1 fully saturated rings. The topological polar surface area (TPSA) is 49.4 Å². The number of likely N-dealkylation sites (tertiary alicyclic amines) is 1. The summed E-state index contributed by atoms with van der Waals surface area (Å²) in [6.07, 6.45) is 2.46. The van der Waals surface area contributed by atoms with Crippen molar-refractivity contribution in [3.63, 3.8) is 0 Å². The van der Waals surface area contributed by atoms with Crippen LogP contribution >= 0.6 is 0 Å². The number of hydrogen-bond acceptors (Lipinski definition) is 2. The van der Waals surface area contributed by atoms with Crippen LogP contribution in [0.15, 0.2) is 0 Å². The molecule has 17 heavy (non-hydrogen) atoms. The van der Waals surface area contributed by atoms with E-state index in [1.165, 1.54) is 0 Å². The molecule has 0 aliphatic carbocycles. The Hall–Kier alpha value is -1.06. The maximum absolute atomic E-state index is 11.6. The van der Waals surface area contributed by atoms with Gasteiger partial charge in [0.2, 0.25) is 11.8 Å². The molecule has 1 aliphatic heterocycles. The van der Waals surface area contributed by atoms with Gasteiger partial charge in [-0.1, -0.05) is 27.2 Å². The second kappa shape index (κ2) is 9.02. The molecular formula is C13H26N2O2. The van der Waals surface area contributed by atoms with E-state index in [0.717, 1.165) is 19.4 Å². The number of carbonyl (C=O) groups is 2. The van der Waals surface area contributed by atoms with Gasteiger partial charge in [0.1, 0.15) is 0 Å². The van der Waals surface area contributed by atoms with Gasteiger partial charge < -0.3 is 10.2 Å². The summed E-state index contributed by atoms with van der Waals surface area (Å²) in [7, 11) is 0. The van der Waals surface area contributed by atoms with Gasteiger partial charge >= 0.3 is 0 Å². The monoisotopic (exact) mass is 242 g/mol. The molecule has 0 bridgehead atoms. The van der Waals surface area contributed by atoms with Crippen molar-refractivity contribution < 1.29 is 9.59 Å². The Morgan fingerprint density at radius 3 is 2.53 bits per heavy atom. The fraction of sp³-hybridized carbons (Fsp3) is 0.846. The normalized spacial score (nSPS) is 18.7. The maximum atomic E-state index is 11.6. The Labute approximate surface area is 105 Å². The number of nitrogens with one attached hydrogen (secondary N) is 1. The van der Waals surface area contributed by atoms with Crippen LogP contribution < -0.4 is 5.32 Å². The number of unbranched alkanes of at least 4 members (excludes halogenated alkanes) is 1. The largest absolute Gasteiger partial charge is 0.356 e. The SMILES string of the molecule is CC.CCCCNC(=O)C1CC(=O)N(CC)C1. The molecule has 4 nitrogen and oxygen atoms in total. The molecule has 4 heteroatoms. The Kier molecular flexibility index (Phi) is 8.46. The molecule has 1 heterocycles. The Morgan fingerprint density at radius 2 is 2.06 bits per heavy atom. The zero-order valence-corrected chi connectivity index (χ0v) is 11.6. The lowest BCUT2D eigenvalue weighted by molar-refractivity contribution is -0.128. The lowest BCUT2D eigenvalue weighted by Gasteiger charge is -2.13. The number of hydrogen-bond donors (Lipinski definition) is 1. The van der Waals surface area contributed by atoms with Crippen LogP contribution in [0.5, 0.6) is 0 Å². The summed E-state index contributed by atoms with van der Waals surface area (Å²) in [5.41, 5.74) is 0. The highest BCUT2D eigenvalue weighted by Crippen LogP contribution is 2.17. The highest BCUT2D eigenvalue weighted by Gasteiger charge is 2.32. The molecule has 0 aromatic carbocycles. The van der Waals surface area contributed by atoms with Crippen LogP contribution in [0.3, 0.4) is 0 Å². The van der Waals surface area contributed by atoms with Gasteiger partial charge in [-0.25, -0.2) is 0 Å². The van der Waals surface area contributed by atoms with Crippen LogP contribution in [-0.4, -0.2) is 36.3 Å². The molecule has 0 radical (unpaired) electrons. The van der Waals surface area contributed by atoms with Crippen molar-refractivity contribution in [2.24, 2.45) is 5.92 Å². The molecule has 1 N–H and O–H groups in total. The van der Waals surface area contributed by atoms with Crippen molar-refractivity contribution in [1.82, 2.24) is 10.2 Å². The van der Waals surface area contributed by atoms with E-state index < -0.39 is 0 Å². The van der Waals surface area contributed by atoms with Crippen LogP contribution in [0.2, 0.25) is 0 Å². The number of rotatable bonds is 5. The quantitative estimate of drug-likeness (QED) is 0.747. The summed E-state index contributed by atoms with van der Waals surface area (Å²) in [6, 6.07) is 0. The van der Waals surface area contributed by atoms with E-state index in [1.807, 2.05) is 20.8 Å². The lowest BCUT2D eigenvalue weighted by atomic mass is 10.1. The van der Waals surface area contributed by atoms with E-state index in [2.05, 4.69) is 12.2 Å². The van der Waals surface area contributed by atoms with Crippen molar-refractivity contribution in [1.29, 1.82) is 0 Å². The van der Waals surface area contributed by atoms with Gasteiger partial charge in [0.15, 0.2) is 0 Å².